The topological polar surface area (TPSA) is 50.1 Å². The number of thiocarbonyl (C=S) groups is 1. The van der Waals surface area contributed by atoms with Crippen molar-refractivity contribution in [1.29, 1.82) is 0 Å². The van der Waals surface area contributed by atoms with E-state index in [2.05, 4.69) is 15.6 Å². The van der Waals surface area contributed by atoms with Crippen LogP contribution < -0.4 is 10.6 Å². The Labute approximate surface area is 109 Å². The van der Waals surface area contributed by atoms with Crippen LogP contribution in [0.2, 0.25) is 5.15 Å². The first-order chi connectivity index (χ1) is 8.24. The highest BCUT2D eigenvalue weighted by atomic mass is 35.5. The van der Waals surface area contributed by atoms with Crippen LogP contribution in [0.1, 0.15) is 5.76 Å². The number of hydrogen-bond acceptors (Lipinski definition) is 3. The van der Waals surface area contributed by atoms with Crippen LogP contribution in [-0.4, -0.2) is 10.1 Å². The molecule has 6 heteroatoms. The summed E-state index contributed by atoms with van der Waals surface area (Å²) in [5.41, 5.74) is 0.784. The molecule has 2 rings (SSSR count). The van der Waals surface area contributed by atoms with Crippen molar-refractivity contribution in [2.75, 3.05) is 5.32 Å². The Morgan fingerprint density at radius 1 is 1.41 bits per heavy atom. The third-order valence-electron chi connectivity index (χ3n) is 1.99. The standard InChI is InChI=1S/C11H10ClN3OS/c12-10-4-3-8(6-13-10)15-11(17)14-7-9-2-1-5-16-9/h1-6H,7H2,(H2,14,15,17). The second kappa shape index (κ2) is 5.65. The quantitative estimate of drug-likeness (QED) is 0.662. The first kappa shape index (κ1) is 11.9. The molecule has 0 spiro atoms. The monoisotopic (exact) mass is 267 g/mol. The third kappa shape index (κ3) is 3.72. The lowest BCUT2D eigenvalue weighted by molar-refractivity contribution is 0.503. The van der Waals surface area contributed by atoms with E-state index in [4.69, 9.17) is 28.2 Å². The molecule has 0 aromatic carbocycles. The number of pyridine rings is 1. The van der Waals surface area contributed by atoms with Gasteiger partial charge in [-0.05, 0) is 36.5 Å². The summed E-state index contributed by atoms with van der Waals surface area (Å²) < 4.78 is 5.17. The Hall–Kier alpha value is -1.59. The molecule has 0 aliphatic carbocycles. The van der Waals surface area contributed by atoms with E-state index >= 15 is 0 Å². The van der Waals surface area contributed by atoms with Gasteiger partial charge in [-0.2, -0.15) is 0 Å². The molecule has 0 fully saturated rings. The maximum Gasteiger partial charge on any atom is 0.171 e. The Morgan fingerprint density at radius 2 is 2.29 bits per heavy atom. The lowest BCUT2D eigenvalue weighted by atomic mass is 10.4. The molecule has 2 heterocycles. The first-order valence-corrected chi connectivity index (χ1v) is 5.71. The number of furan rings is 1. The third-order valence-corrected chi connectivity index (χ3v) is 2.46. The summed E-state index contributed by atoms with van der Waals surface area (Å²) >= 11 is 10.8. The summed E-state index contributed by atoms with van der Waals surface area (Å²) in [7, 11) is 0. The summed E-state index contributed by atoms with van der Waals surface area (Å²) in [6.45, 7) is 0.542. The van der Waals surface area contributed by atoms with Gasteiger partial charge in [-0.15, -0.1) is 0 Å². The molecule has 2 aromatic rings. The van der Waals surface area contributed by atoms with Crippen molar-refractivity contribution >= 4 is 34.6 Å². The van der Waals surface area contributed by atoms with Gasteiger partial charge in [0.15, 0.2) is 5.11 Å². The van der Waals surface area contributed by atoms with Crippen molar-refractivity contribution in [3.8, 4) is 0 Å². The van der Waals surface area contributed by atoms with E-state index in [0.717, 1.165) is 11.4 Å². The second-order valence-electron chi connectivity index (χ2n) is 3.26. The van der Waals surface area contributed by atoms with Gasteiger partial charge in [-0.25, -0.2) is 4.98 Å². The highest BCUT2D eigenvalue weighted by Crippen LogP contribution is 2.09. The fourth-order valence-electron chi connectivity index (χ4n) is 1.21. The molecule has 4 nitrogen and oxygen atoms in total. The van der Waals surface area contributed by atoms with Gasteiger partial charge in [0.05, 0.1) is 24.7 Å². The normalized spacial score (nSPS) is 9.94. The number of rotatable bonds is 3. The first-order valence-electron chi connectivity index (χ1n) is 4.93. The molecule has 17 heavy (non-hydrogen) atoms. The molecule has 88 valence electrons. The van der Waals surface area contributed by atoms with Crippen LogP contribution in [0.15, 0.2) is 41.1 Å². The van der Waals surface area contributed by atoms with E-state index in [-0.39, 0.29) is 0 Å². The van der Waals surface area contributed by atoms with Gasteiger partial charge in [0.25, 0.3) is 0 Å². The number of nitrogens with zero attached hydrogens (tertiary/aromatic N) is 1. The van der Waals surface area contributed by atoms with Crippen LogP contribution in [0.3, 0.4) is 0 Å². The van der Waals surface area contributed by atoms with Gasteiger partial charge in [0, 0.05) is 0 Å². The van der Waals surface area contributed by atoms with Crippen molar-refractivity contribution in [3.05, 3.63) is 47.6 Å². The summed E-state index contributed by atoms with van der Waals surface area (Å²) in [5.74, 6) is 0.823. The van der Waals surface area contributed by atoms with Crippen molar-refractivity contribution < 1.29 is 4.42 Å². The number of anilines is 1. The molecular weight excluding hydrogens is 258 g/mol. The summed E-state index contributed by atoms with van der Waals surface area (Å²) in [6.07, 6.45) is 3.24. The Balaban J connectivity index is 1.83. The minimum absolute atomic E-state index is 0.449. The molecule has 0 saturated carbocycles. The highest BCUT2D eigenvalue weighted by Gasteiger charge is 1.99. The number of hydrogen-bond donors (Lipinski definition) is 2. The van der Waals surface area contributed by atoms with Gasteiger partial charge in [0.1, 0.15) is 10.9 Å². The lowest BCUT2D eigenvalue weighted by Crippen LogP contribution is -2.27. The van der Waals surface area contributed by atoms with Crippen molar-refractivity contribution in [1.82, 2.24) is 10.3 Å². The highest BCUT2D eigenvalue weighted by molar-refractivity contribution is 7.80. The van der Waals surface area contributed by atoms with Crippen LogP contribution in [0.25, 0.3) is 0 Å². The zero-order chi connectivity index (χ0) is 12.1. The van der Waals surface area contributed by atoms with Gasteiger partial charge >= 0.3 is 0 Å². The van der Waals surface area contributed by atoms with Gasteiger partial charge in [-0.1, -0.05) is 11.6 Å². The Bertz CT molecular complexity index is 484. The largest absolute Gasteiger partial charge is 0.467 e. The molecule has 0 aliphatic rings. The van der Waals surface area contributed by atoms with E-state index < -0.39 is 0 Å². The summed E-state index contributed by atoms with van der Waals surface area (Å²) in [6, 6.07) is 7.20. The fraction of sp³-hybridized carbons (Fsp3) is 0.0909. The fourth-order valence-corrected chi connectivity index (χ4v) is 1.51. The van der Waals surface area contributed by atoms with Gasteiger partial charge in [0.2, 0.25) is 0 Å². The predicted octanol–water partition coefficient (Wildman–Crippen LogP) is 2.81. The minimum atomic E-state index is 0.449. The molecule has 0 aliphatic heterocycles. The number of aromatic nitrogens is 1. The van der Waals surface area contributed by atoms with E-state index in [1.165, 1.54) is 0 Å². The maximum absolute atomic E-state index is 5.68. The molecule has 0 amide bonds. The number of halogens is 1. The predicted molar refractivity (Wildman–Crippen MR) is 71.0 cm³/mol. The van der Waals surface area contributed by atoms with Crippen LogP contribution >= 0.6 is 23.8 Å². The van der Waals surface area contributed by atoms with Gasteiger partial charge < -0.3 is 15.1 Å². The summed E-state index contributed by atoms with van der Waals surface area (Å²) in [5, 5.41) is 6.96. The lowest BCUT2D eigenvalue weighted by Gasteiger charge is -2.08. The van der Waals surface area contributed by atoms with E-state index in [1.54, 1.807) is 24.6 Å². The van der Waals surface area contributed by atoms with Crippen LogP contribution in [0, 0.1) is 0 Å². The Morgan fingerprint density at radius 3 is 2.94 bits per heavy atom. The average molecular weight is 268 g/mol. The molecule has 0 radical (unpaired) electrons. The number of nitrogens with one attached hydrogen (secondary N) is 2. The maximum atomic E-state index is 5.68. The molecule has 2 N–H and O–H groups in total. The van der Waals surface area contributed by atoms with Crippen molar-refractivity contribution in [2.24, 2.45) is 0 Å². The van der Waals surface area contributed by atoms with Crippen LogP contribution in [0.5, 0.6) is 0 Å². The van der Waals surface area contributed by atoms with Crippen molar-refractivity contribution in [2.45, 2.75) is 6.54 Å². The molecule has 2 aromatic heterocycles. The average Bonchev–Trinajstić information content (AvgIpc) is 2.83. The molecule has 0 saturated heterocycles. The van der Waals surface area contributed by atoms with Crippen LogP contribution in [-0.2, 0) is 6.54 Å². The van der Waals surface area contributed by atoms with E-state index in [1.807, 2.05) is 12.1 Å². The Kier molecular flexibility index (Phi) is 3.95. The van der Waals surface area contributed by atoms with E-state index in [0.29, 0.717) is 16.8 Å². The zero-order valence-corrected chi connectivity index (χ0v) is 10.4. The summed E-state index contributed by atoms with van der Waals surface area (Å²) in [4.78, 5) is 3.94. The molecule has 0 atom stereocenters. The SMILES string of the molecule is S=C(NCc1ccco1)Nc1ccc(Cl)nc1. The molecule has 0 unspecified atom stereocenters. The smallest absolute Gasteiger partial charge is 0.171 e. The molecule has 0 bridgehead atoms. The van der Waals surface area contributed by atoms with Crippen molar-refractivity contribution in [3.63, 3.8) is 0 Å². The molecular formula is C11H10ClN3OS. The minimum Gasteiger partial charge on any atom is -0.467 e. The second-order valence-corrected chi connectivity index (χ2v) is 4.05. The van der Waals surface area contributed by atoms with Crippen LogP contribution in [0.4, 0.5) is 5.69 Å². The van der Waals surface area contributed by atoms with Gasteiger partial charge in [-0.3, -0.25) is 0 Å². The van der Waals surface area contributed by atoms with E-state index in [9.17, 15) is 0 Å². The zero-order valence-electron chi connectivity index (χ0n) is 8.81.